The van der Waals surface area contributed by atoms with Gasteiger partial charge in [0, 0.05) is 61.1 Å². The minimum Gasteiger partial charge on any atom is -0.353 e. The van der Waals surface area contributed by atoms with E-state index in [1.54, 1.807) is 4.68 Å². The van der Waals surface area contributed by atoms with Gasteiger partial charge >= 0.3 is 0 Å². The molecule has 8 heteroatoms. The molecule has 3 aromatic heterocycles. The van der Waals surface area contributed by atoms with Crippen LogP contribution in [0.1, 0.15) is 47.2 Å². The second kappa shape index (κ2) is 8.63. The number of pyridine rings is 2. The van der Waals surface area contributed by atoms with Crippen molar-refractivity contribution < 1.29 is 4.79 Å². The van der Waals surface area contributed by atoms with Crippen molar-refractivity contribution in [2.24, 2.45) is 7.05 Å². The van der Waals surface area contributed by atoms with Crippen LogP contribution in [0.25, 0.3) is 22.2 Å². The minimum absolute atomic E-state index is 0.0374. The normalized spacial score (nSPS) is 22.1. The van der Waals surface area contributed by atoms with Crippen LogP contribution in [0.5, 0.6) is 0 Å². The van der Waals surface area contributed by atoms with Crippen molar-refractivity contribution in [2.45, 2.75) is 50.2 Å². The van der Waals surface area contributed by atoms with Crippen molar-refractivity contribution in [3.63, 3.8) is 0 Å². The average Bonchev–Trinajstić information content (AvgIpc) is 3.53. The average molecular weight is 508 g/mol. The van der Waals surface area contributed by atoms with Gasteiger partial charge in [0.1, 0.15) is 5.82 Å². The highest BCUT2D eigenvalue weighted by Crippen LogP contribution is 2.49. The van der Waals surface area contributed by atoms with Crippen molar-refractivity contribution >= 4 is 22.6 Å². The molecule has 2 bridgehead atoms. The highest BCUT2D eigenvalue weighted by atomic mass is 16.1. The first-order valence-electron chi connectivity index (χ1n) is 13.6. The summed E-state index contributed by atoms with van der Waals surface area (Å²) in [4.78, 5) is 28.3. The molecule has 194 valence electrons. The van der Waals surface area contributed by atoms with Crippen LogP contribution in [-0.2, 0) is 12.6 Å². The maximum Gasteiger partial charge on any atom is 0.252 e. The fraction of sp³-hybridized carbons (Fsp3) is 0.400. The molecule has 5 heterocycles. The molecule has 8 nitrogen and oxygen atoms in total. The van der Waals surface area contributed by atoms with Crippen LogP contribution in [0.4, 0.5) is 5.82 Å². The number of likely N-dealkylation sites (N-methyl/N-ethyl adjacent to an activating group) is 1. The summed E-state index contributed by atoms with van der Waals surface area (Å²) in [5.74, 6) is 0.869. The molecule has 1 N–H and O–H groups in total. The highest BCUT2D eigenvalue weighted by Gasteiger charge is 2.47. The summed E-state index contributed by atoms with van der Waals surface area (Å²) in [5.41, 5.74) is 5.10. The fourth-order valence-electron chi connectivity index (χ4n) is 6.38. The van der Waals surface area contributed by atoms with Crippen LogP contribution in [0.15, 0.2) is 55.0 Å². The number of carbonyl (C=O) groups excluding carboxylic acids is 1. The van der Waals surface area contributed by atoms with Gasteiger partial charge in [0.05, 0.1) is 22.9 Å². The van der Waals surface area contributed by atoms with E-state index in [1.165, 1.54) is 12.8 Å². The van der Waals surface area contributed by atoms with Gasteiger partial charge in [0.15, 0.2) is 0 Å². The number of hydrogen-bond acceptors (Lipinski definition) is 6. The van der Waals surface area contributed by atoms with Gasteiger partial charge in [-0.05, 0) is 69.0 Å². The lowest BCUT2D eigenvalue weighted by molar-refractivity contribution is 0.0930. The van der Waals surface area contributed by atoms with Crippen LogP contribution in [-0.4, -0.2) is 62.8 Å². The Morgan fingerprint density at radius 2 is 1.82 bits per heavy atom. The van der Waals surface area contributed by atoms with Crippen LogP contribution >= 0.6 is 0 Å². The first-order chi connectivity index (χ1) is 18.4. The summed E-state index contributed by atoms with van der Waals surface area (Å²) < 4.78 is 1.79. The van der Waals surface area contributed by atoms with Gasteiger partial charge in [-0.15, -0.1) is 0 Å². The SMILES string of the molecule is Cc1cnc(N2CC3CCC(C2)N3C)cc1C(=O)NC1(c2cc(-c3cnn(C)c3)nc3ccccc23)CC1. The third-order valence-electron chi connectivity index (χ3n) is 8.84. The van der Waals surface area contributed by atoms with Crippen LogP contribution < -0.4 is 10.2 Å². The zero-order valence-electron chi connectivity index (χ0n) is 22.2. The van der Waals surface area contributed by atoms with E-state index in [1.807, 2.05) is 56.8 Å². The van der Waals surface area contributed by atoms with Crippen molar-refractivity contribution in [1.29, 1.82) is 0 Å². The molecule has 1 aliphatic carbocycles. The van der Waals surface area contributed by atoms with E-state index in [4.69, 9.17) is 9.97 Å². The van der Waals surface area contributed by atoms with Gasteiger partial charge in [0.25, 0.3) is 5.91 Å². The predicted octanol–water partition coefficient (Wildman–Crippen LogP) is 4.04. The summed E-state index contributed by atoms with van der Waals surface area (Å²) in [7, 11) is 4.14. The second-order valence-electron chi connectivity index (χ2n) is 11.3. The molecule has 1 aromatic carbocycles. The third-order valence-corrected chi connectivity index (χ3v) is 8.84. The van der Waals surface area contributed by atoms with Gasteiger partial charge < -0.3 is 10.2 Å². The van der Waals surface area contributed by atoms with E-state index in [0.717, 1.165) is 65.0 Å². The number of rotatable bonds is 5. The zero-order valence-corrected chi connectivity index (χ0v) is 22.2. The van der Waals surface area contributed by atoms with Crippen molar-refractivity contribution in [2.75, 3.05) is 25.0 Å². The number of amides is 1. The standard InChI is InChI=1S/C30H33N7O/c1-19-14-31-28(37-17-21-8-9-22(18-37)36(21)3)12-24(19)29(38)34-30(10-11-30)25-13-27(20-15-32-35(2)16-20)33-26-7-5-4-6-23(25)26/h4-7,12-16,21-22H,8-11,17-18H2,1-3H3,(H,34,38). The number of nitrogens with one attached hydrogen (secondary N) is 1. The molecule has 2 aliphatic heterocycles. The molecule has 4 aromatic rings. The fourth-order valence-corrected chi connectivity index (χ4v) is 6.38. The molecule has 3 aliphatic rings. The maximum atomic E-state index is 13.8. The van der Waals surface area contributed by atoms with Crippen molar-refractivity contribution in [1.82, 2.24) is 30.0 Å². The van der Waals surface area contributed by atoms with Crippen molar-refractivity contribution in [3.05, 3.63) is 71.7 Å². The summed E-state index contributed by atoms with van der Waals surface area (Å²) in [6, 6.07) is 13.5. The Morgan fingerprint density at radius 3 is 2.53 bits per heavy atom. The predicted molar refractivity (Wildman–Crippen MR) is 148 cm³/mol. The molecular weight excluding hydrogens is 474 g/mol. The largest absolute Gasteiger partial charge is 0.353 e. The number of nitrogens with zero attached hydrogens (tertiary/aromatic N) is 6. The number of fused-ring (bicyclic) bond motifs is 3. The molecule has 1 saturated carbocycles. The molecular formula is C30H33N7O. The number of para-hydroxylation sites is 1. The number of carbonyl (C=O) groups is 1. The van der Waals surface area contributed by atoms with E-state index in [0.29, 0.717) is 17.6 Å². The quantitative estimate of drug-likeness (QED) is 0.439. The molecule has 2 atom stereocenters. The summed E-state index contributed by atoms with van der Waals surface area (Å²) in [5, 5.41) is 8.86. The number of aromatic nitrogens is 4. The van der Waals surface area contributed by atoms with E-state index >= 15 is 0 Å². The van der Waals surface area contributed by atoms with Crippen molar-refractivity contribution in [3.8, 4) is 11.3 Å². The molecule has 1 amide bonds. The molecule has 3 fully saturated rings. The molecule has 2 saturated heterocycles. The number of piperazine rings is 1. The molecule has 2 unspecified atom stereocenters. The first-order valence-corrected chi connectivity index (χ1v) is 13.6. The molecule has 38 heavy (non-hydrogen) atoms. The number of anilines is 1. The molecule has 7 rings (SSSR count). The monoisotopic (exact) mass is 507 g/mol. The summed E-state index contributed by atoms with van der Waals surface area (Å²) in [6.07, 6.45) is 9.94. The van der Waals surface area contributed by atoms with E-state index in [9.17, 15) is 4.79 Å². The smallest absolute Gasteiger partial charge is 0.252 e. The lowest BCUT2D eigenvalue weighted by Gasteiger charge is -2.39. The van der Waals surface area contributed by atoms with Gasteiger partial charge in [-0.3, -0.25) is 14.4 Å². The number of aryl methyl sites for hydroxylation is 2. The van der Waals surface area contributed by atoms with Gasteiger partial charge in [-0.1, -0.05) is 18.2 Å². The lowest BCUT2D eigenvalue weighted by atomic mass is 9.97. The van der Waals surface area contributed by atoms with E-state index in [2.05, 4.69) is 39.4 Å². The molecule has 0 radical (unpaired) electrons. The minimum atomic E-state index is -0.403. The van der Waals surface area contributed by atoms with Crippen LogP contribution in [0.3, 0.4) is 0 Å². The third kappa shape index (κ3) is 3.86. The molecule has 0 spiro atoms. The van der Waals surface area contributed by atoms with Gasteiger partial charge in [0.2, 0.25) is 0 Å². The maximum absolute atomic E-state index is 13.8. The Hall–Kier alpha value is -3.78. The Bertz CT molecular complexity index is 1540. The number of benzene rings is 1. The lowest BCUT2D eigenvalue weighted by Crippen LogP contribution is -2.52. The van der Waals surface area contributed by atoms with E-state index in [-0.39, 0.29) is 5.91 Å². The Morgan fingerprint density at radius 1 is 1.05 bits per heavy atom. The Kier molecular flexibility index (Phi) is 5.30. The second-order valence-corrected chi connectivity index (χ2v) is 11.3. The highest BCUT2D eigenvalue weighted by molar-refractivity contribution is 5.98. The zero-order chi connectivity index (χ0) is 26.0. The summed E-state index contributed by atoms with van der Waals surface area (Å²) >= 11 is 0. The van der Waals surface area contributed by atoms with Crippen LogP contribution in [0, 0.1) is 6.92 Å². The number of hydrogen-bond donors (Lipinski definition) is 1. The summed E-state index contributed by atoms with van der Waals surface area (Å²) in [6.45, 7) is 3.91. The van der Waals surface area contributed by atoms with Gasteiger partial charge in [-0.25, -0.2) is 9.97 Å². The van der Waals surface area contributed by atoms with Gasteiger partial charge in [-0.2, -0.15) is 5.10 Å². The Balaban J connectivity index is 1.21. The topological polar surface area (TPSA) is 79.2 Å². The van der Waals surface area contributed by atoms with E-state index < -0.39 is 5.54 Å². The first kappa shape index (κ1) is 23.3. The van der Waals surface area contributed by atoms with Crippen LogP contribution in [0.2, 0.25) is 0 Å². The Labute approximate surface area is 222 Å².